The summed E-state index contributed by atoms with van der Waals surface area (Å²) in [5, 5.41) is 0. The standard InChI is InChI=1S/C12H15N5O2/c1-3-7-18-11-15-10(13)16-12(17-11)19-9-5-4-6-14-8(9)2/h4-6H,3,7H2,1-2H3,(H2,13,15,16,17). The van der Waals surface area contributed by atoms with Gasteiger partial charge in [-0.15, -0.1) is 4.98 Å². The highest BCUT2D eigenvalue weighted by molar-refractivity contribution is 5.29. The molecule has 2 aromatic rings. The minimum atomic E-state index is 0.0534. The lowest BCUT2D eigenvalue weighted by atomic mass is 10.3. The van der Waals surface area contributed by atoms with Crippen molar-refractivity contribution in [3.63, 3.8) is 0 Å². The Morgan fingerprint density at radius 2 is 2.00 bits per heavy atom. The van der Waals surface area contributed by atoms with Crippen molar-refractivity contribution in [3.8, 4) is 17.8 Å². The number of pyridine rings is 1. The second-order valence-electron chi connectivity index (χ2n) is 3.80. The SMILES string of the molecule is CCCOc1nc(N)nc(Oc2cccnc2C)n1. The number of aromatic nitrogens is 4. The van der Waals surface area contributed by atoms with E-state index >= 15 is 0 Å². The van der Waals surface area contributed by atoms with Gasteiger partial charge in [0.05, 0.1) is 12.3 Å². The number of nitrogen functional groups attached to an aromatic ring is 1. The maximum absolute atomic E-state index is 5.59. The molecule has 100 valence electrons. The van der Waals surface area contributed by atoms with Crippen LogP contribution in [0.15, 0.2) is 18.3 Å². The smallest absolute Gasteiger partial charge is 0.330 e. The van der Waals surface area contributed by atoms with E-state index in [4.69, 9.17) is 15.2 Å². The van der Waals surface area contributed by atoms with Gasteiger partial charge in [0.2, 0.25) is 5.95 Å². The molecule has 0 amide bonds. The normalized spacial score (nSPS) is 10.2. The van der Waals surface area contributed by atoms with Crippen molar-refractivity contribution >= 4 is 5.95 Å². The largest absolute Gasteiger partial charge is 0.463 e. The molecule has 0 aliphatic rings. The van der Waals surface area contributed by atoms with Crippen molar-refractivity contribution in [2.75, 3.05) is 12.3 Å². The van der Waals surface area contributed by atoms with Gasteiger partial charge in [-0.1, -0.05) is 6.92 Å². The summed E-state index contributed by atoms with van der Waals surface area (Å²) in [6.45, 7) is 4.32. The summed E-state index contributed by atoms with van der Waals surface area (Å²) in [5.74, 6) is 0.618. The van der Waals surface area contributed by atoms with E-state index in [1.165, 1.54) is 0 Å². The molecule has 2 aromatic heterocycles. The van der Waals surface area contributed by atoms with E-state index in [9.17, 15) is 0 Å². The lowest BCUT2D eigenvalue weighted by molar-refractivity contribution is 0.285. The highest BCUT2D eigenvalue weighted by Crippen LogP contribution is 2.21. The molecule has 7 heteroatoms. The van der Waals surface area contributed by atoms with Crippen LogP contribution < -0.4 is 15.2 Å². The Morgan fingerprint density at radius 1 is 1.21 bits per heavy atom. The van der Waals surface area contributed by atoms with Crippen LogP contribution in [0, 0.1) is 6.92 Å². The second kappa shape index (κ2) is 5.94. The quantitative estimate of drug-likeness (QED) is 0.875. The van der Waals surface area contributed by atoms with Crippen LogP contribution in [0.25, 0.3) is 0 Å². The molecule has 0 unspecified atom stereocenters. The van der Waals surface area contributed by atoms with Gasteiger partial charge in [0.25, 0.3) is 0 Å². The number of ether oxygens (including phenoxy) is 2. The fraction of sp³-hybridized carbons (Fsp3) is 0.333. The van der Waals surface area contributed by atoms with Gasteiger partial charge >= 0.3 is 12.0 Å². The third-order valence-corrected chi connectivity index (χ3v) is 2.21. The zero-order valence-corrected chi connectivity index (χ0v) is 10.8. The first-order valence-corrected chi connectivity index (χ1v) is 5.93. The molecule has 0 aliphatic heterocycles. The molecule has 0 saturated heterocycles. The minimum absolute atomic E-state index is 0.0534. The van der Waals surface area contributed by atoms with Crippen LogP contribution in [0.4, 0.5) is 5.95 Å². The monoisotopic (exact) mass is 261 g/mol. The highest BCUT2D eigenvalue weighted by atomic mass is 16.5. The van der Waals surface area contributed by atoms with Crippen LogP contribution in [0.3, 0.4) is 0 Å². The van der Waals surface area contributed by atoms with Gasteiger partial charge in [0.1, 0.15) is 0 Å². The van der Waals surface area contributed by atoms with Gasteiger partial charge in [0.15, 0.2) is 5.75 Å². The Morgan fingerprint density at radius 3 is 2.74 bits per heavy atom. The van der Waals surface area contributed by atoms with Gasteiger partial charge in [-0.2, -0.15) is 9.97 Å². The molecule has 0 aromatic carbocycles. The zero-order chi connectivity index (χ0) is 13.7. The number of nitrogens with zero attached hydrogens (tertiary/aromatic N) is 4. The van der Waals surface area contributed by atoms with Crippen LogP contribution in [0.1, 0.15) is 19.0 Å². The Hall–Kier alpha value is -2.44. The lowest BCUT2D eigenvalue weighted by Crippen LogP contribution is -2.06. The van der Waals surface area contributed by atoms with E-state index < -0.39 is 0 Å². The van der Waals surface area contributed by atoms with Gasteiger partial charge < -0.3 is 15.2 Å². The van der Waals surface area contributed by atoms with E-state index in [1.54, 1.807) is 18.3 Å². The molecule has 2 rings (SSSR count). The van der Waals surface area contributed by atoms with Gasteiger partial charge in [-0.05, 0) is 25.5 Å². The lowest BCUT2D eigenvalue weighted by Gasteiger charge is -2.07. The molecule has 0 saturated carbocycles. The summed E-state index contributed by atoms with van der Waals surface area (Å²) in [5.41, 5.74) is 6.32. The second-order valence-corrected chi connectivity index (χ2v) is 3.80. The molecular formula is C12H15N5O2. The van der Waals surface area contributed by atoms with Crippen molar-refractivity contribution < 1.29 is 9.47 Å². The van der Waals surface area contributed by atoms with Crippen molar-refractivity contribution in [1.82, 2.24) is 19.9 Å². The summed E-state index contributed by atoms with van der Waals surface area (Å²) in [6.07, 6.45) is 2.53. The molecule has 0 bridgehead atoms. The number of hydrogen-bond acceptors (Lipinski definition) is 7. The van der Waals surface area contributed by atoms with E-state index in [1.807, 2.05) is 13.8 Å². The molecule has 0 spiro atoms. The predicted molar refractivity (Wildman–Crippen MR) is 69.1 cm³/mol. The average molecular weight is 261 g/mol. The molecule has 7 nitrogen and oxygen atoms in total. The summed E-state index contributed by atoms with van der Waals surface area (Å²) in [7, 11) is 0. The summed E-state index contributed by atoms with van der Waals surface area (Å²) < 4.78 is 10.8. The number of anilines is 1. The predicted octanol–water partition coefficient (Wildman–Crippen LogP) is 1.74. The van der Waals surface area contributed by atoms with E-state index in [0.29, 0.717) is 12.4 Å². The average Bonchev–Trinajstić information content (AvgIpc) is 2.38. The van der Waals surface area contributed by atoms with E-state index in [2.05, 4.69) is 19.9 Å². The first-order chi connectivity index (χ1) is 9.19. The molecule has 0 radical (unpaired) electrons. The fourth-order valence-electron chi connectivity index (χ4n) is 1.33. The molecule has 19 heavy (non-hydrogen) atoms. The maximum Gasteiger partial charge on any atom is 0.330 e. The van der Waals surface area contributed by atoms with Crippen LogP contribution >= 0.6 is 0 Å². The van der Waals surface area contributed by atoms with E-state index in [0.717, 1.165) is 12.1 Å². The number of hydrogen-bond donors (Lipinski definition) is 1. The van der Waals surface area contributed by atoms with Gasteiger partial charge in [-0.25, -0.2) is 0 Å². The van der Waals surface area contributed by atoms with Crippen molar-refractivity contribution in [1.29, 1.82) is 0 Å². The van der Waals surface area contributed by atoms with E-state index in [-0.39, 0.29) is 18.0 Å². The fourth-order valence-corrected chi connectivity index (χ4v) is 1.33. The summed E-state index contributed by atoms with van der Waals surface area (Å²) >= 11 is 0. The Bertz CT molecular complexity index is 562. The summed E-state index contributed by atoms with van der Waals surface area (Å²) in [4.78, 5) is 15.9. The zero-order valence-electron chi connectivity index (χ0n) is 10.8. The third-order valence-electron chi connectivity index (χ3n) is 2.21. The first-order valence-electron chi connectivity index (χ1n) is 5.93. The molecule has 0 aliphatic carbocycles. The molecule has 0 fully saturated rings. The molecule has 2 N–H and O–H groups in total. The van der Waals surface area contributed by atoms with Crippen molar-refractivity contribution in [2.24, 2.45) is 0 Å². The highest BCUT2D eigenvalue weighted by Gasteiger charge is 2.09. The van der Waals surface area contributed by atoms with Gasteiger partial charge in [-0.3, -0.25) is 4.98 Å². The van der Waals surface area contributed by atoms with Crippen molar-refractivity contribution in [2.45, 2.75) is 20.3 Å². The molecular weight excluding hydrogens is 246 g/mol. The Kier molecular flexibility index (Phi) is 4.07. The number of aryl methyl sites for hydroxylation is 1. The van der Waals surface area contributed by atoms with Crippen molar-refractivity contribution in [3.05, 3.63) is 24.0 Å². The van der Waals surface area contributed by atoms with Crippen LogP contribution in [0.5, 0.6) is 17.8 Å². The topological polar surface area (TPSA) is 96.0 Å². The first kappa shape index (κ1) is 13.0. The minimum Gasteiger partial charge on any atom is -0.463 e. The Labute approximate surface area is 110 Å². The maximum atomic E-state index is 5.59. The van der Waals surface area contributed by atoms with Crippen LogP contribution in [0.2, 0.25) is 0 Å². The van der Waals surface area contributed by atoms with Gasteiger partial charge in [0, 0.05) is 6.20 Å². The van der Waals surface area contributed by atoms with Crippen LogP contribution in [-0.4, -0.2) is 26.5 Å². The Balaban J connectivity index is 2.20. The number of rotatable bonds is 5. The molecule has 2 heterocycles. The number of nitrogens with two attached hydrogens (primary N) is 1. The third kappa shape index (κ3) is 3.51. The van der Waals surface area contributed by atoms with Crippen LogP contribution in [-0.2, 0) is 0 Å². The summed E-state index contributed by atoms with van der Waals surface area (Å²) in [6, 6.07) is 3.79. The molecule has 0 atom stereocenters.